The third-order valence-corrected chi connectivity index (χ3v) is 4.55. The van der Waals surface area contributed by atoms with Gasteiger partial charge in [-0.25, -0.2) is 14.8 Å². The Balaban J connectivity index is 1.86. The Hall–Kier alpha value is -2.51. The number of carbonyl (C=O) groups is 3. The number of aryl methyl sites for hydroxylation is 1. The lowest BCUT2D eigenvalue weighted by Crippen LogP contribution is -2.56. The minimum absolute atomic E-state index is 0.0606. The molecule has 122 valence electrons. The number of hydrogen-bond acceptors (Lipinski definition) is 6. The fourth-order valence-electron chi connectivity index (χ4n) is 2.98. The molecule has 0 aromatic carbocycles. The molecule has 2 amide bonds. The lowest BCUT2D eigenvalue weighted by Gasteiger charge is -2.29. The van der Waals surface area contributed by atoms with E-state index in [0.717, 1.165) is 5.01 Å². The quantitative estimate of drug-likeness (QED) is 0.822. The van der Waals surface area contributed by atoms with Gasteiger partial charge in [-0.3, -0.25) is 15.0 Å². The zero-order chi connectivity index (χ0) is 16.8. The zero-order valence-corrected chi connectivity index (χ0v) is 13.3. The van der Waals surface area contributed by atoms with Crippen LogP contribution in [0, 0.1) is 18.3 Å². The van der Waals surface area contributed by atoms with Crippen molar-refractivity contribution in [3.8, 4) is 0 Å². The molecule has 3 rings (SSSR count). The van der Waals surface area contributed by atoms with Crippen molar-refractivity contribution in [2.45, 2.75) is 33.6 Å². The molecular formula is C15H18N4O4. The first-order valence-electron chi connectivity index (χ1n) is 7.60. The van der Waals surface area contributed by atoms with Gasteiger partial charge in [0, 0.05) is 6.20 Å². The van der Waals surface area contributed by atoms with Gasteiger partial charge in [-0.05, 0) is 26.7 Å². The predicted octanol–water partition coefficient (Wildman–Crippen LogP) is 0.756. The summed E-state index contributed by atoms with van der Waals surface area (Å²) < 4.78 is 4.91. The molecule has 0 unspecified atom stereocenters. The maximum atomic E-state index is 12.4. The molecule has 2 atom stereocenters. The average molecular weight is 318 g/mol. The minimum atomic E-state index is -0.562. The van der Waals surface area contributed by atoms with Gasteiger partial charge in [0.2, 0.25) is 5.91 Å². The smallest absolute Gasteiger partial charge is 0.341 e. The first kappa shape index (κ1) is 15.4. The number of anilines is 1. The molecule has 2 fully saturated rings. The molecule has 1 saturated heterocycles. The summed E-state index contributed by atoms with van der Waals surface area (Å²) in [5.74, 6) is -1.16. The summed E-state index contributed by atoms with van der Waals surface area (Å²) in [6.07, 6.45) is 2.50. The van der Waals surface area contributed by atoms with Gasteiger partial charge in [0.15, 0.2) is 0 Å². The normalized spacial score (nSPS) is 25.7. The van der Waals surface area contributed by atoms with Crippen molar-refractivity contribution in [1.82, 2.24) is 15.4 Å². The lowest BCUT2D eigenvalue weighted by atomic mass is 9.97. The van der Waals surface area contributed by atoms with E-state index in [9.17, 15) is 14.4 Å². The second kappa shape index (κ2) is 5.29. The minimum Gasteiger partial charge on any atom is -0.462 e. The van der Waals surface area contributed by atoms with Crippen molar-refractivity contribution in [1.29, 1.82) is 0 Å². The number of esters is 1. The molecule has 1 aromatic heterocycles. The van der Waals surface area contributed by atoms with Gasteiger partial charge in [-0.15, -0.1) is 0 Å². The predicted molar refractivity (Wildman–Crippen MR) is 79.2 cm³/mol. The van der Waals surface area contributed by atoms with Crippen molar-refractivity contribution < 1.29 is 19.1 Å². The molecule has 1 N–H and O–H groups in total. The number of nitrogens with one attached hydrogen (secondary N) is 1. The first-order chi connectivity index (χ1) is 10.9. The van der Waals surface area contributed by atoms with E-state index in [-0.39, 0.29) is 35.9 Å². The van der Waals surface area contributed by atoms with Crippen LogP contribution >= 0.6 is 0 Å². The maximum absolute atomic E-state index is 12.4. The summed E-state index contributed by atoms with van der Waals surface area (Å²) in [5, 5.41) is 1.08. The van der Waals surface area contributed by atoms with Gasteiger partial charge < -0.3 is 4.74 Å². The lowest BCUT2D eigenvalue weighted by molar-refractivity contribution is -0.136. The Labute approximate surface area is 133 Å². The Kier molecular flexibility index (Phi) is 3.54. The second-order valence-electron chi connectivity index (χ2n) is 5.77. The van der Waals surface area contributed by atoms with Gasteiger partial charge in [0.05, 0.1) is 29.2 Å². The summed E-state index contributed by atoms with van der Waals surface area (Å²) in [6, 6.07) is 0. The number of ether oxygens (including phenoxy) is 1. The summed E-state index contributed by atoms with van der Waals surface area (Å²) in [5.41, 5.74) is 2.63. The van der Waals surface area contributed by atoms with E-state index >= 15 is 0 Å². The van der Waals surface area contributed by atoms with Crippen LogP contribution < -0.4 is 10.4 Å². The Morgan fingerprint density at radius 3 is 2.83 bits per heavy atom. The number of nitrogens with zero attached hydrogens (tertiary/aromatic N) is 3. The highest BCUT2D eigenvalue weighted by molar-refractivity contribution is 6.08. The number of fused-ring (bicyclic) bond motifs is 1. The summed E-state index contributed by atoms with van der Waals surface area (Å²) in [6.45, 7) is 5.49. The van der Waals surface area contributed by atoms with Crippen LogP contribution in [-0.4, -0.2) is 34.4 Å². The second-order valence-corrected chi connectivity index (χ2v) is 5.77. The fraction of sp³-hybridized carbons (Fsp3) is 0.533. The zero-order valence-electron chi connectivity index (χ0n) is 13.3. The van der Waals surface area contributed by atoms with Gasteiger partial charge in [-0.1, -0.05) is 6.92 Å². The van der Waals surface area contributed by atoms with Crippen LogP contribution in [0.15, 0.2) is 6.20 Å². The van der Waals surface area contributed by atoms with E-state index in [4.69, 9.17) is 4.74 Å². The van der Waals surface area contributed by atoms with Crippen LogP contribution in [0.1, 0.15) is 42.7 Å². The van der Waals surface area contributed by atoms with E-state index in [0.29, 0.717) is 18.5 Å². The van der Waals surface area contributed by atoms with Crippen molar-refractivity contribution in [3.05, 3.63) is 17.5 Å². The van der Waals surface area contributed by atoms with Crippen molar-refractivity contribution in [2.24, 2.45) is 11.3 Å². The number of amides is 2. The molecule has 1 aromatic rings. The number of aromatic nitrogens is 2. The van der Waals surface area contributed by atoms with E-state index in [1.165, 1.54) is 6.20 Å². The molecular weight excluding hydrogens is 300 g/mol. The van der Waals surface area contributed by atoms with E-state index in [1.807, 2.05) is 6.92 Å². The average Bonchev–Trinajstić information content (AvgIpc) is 3.28. The van der Waals surface area contributed by atoms with Crippen molar-refractivity contribution in [2.75, 3.05) is 11.6 Å². The number of rotatable bonds is 4. The SMILES string of the molecule is CCOC(=O)c1cnc(N2NC(=O)[C@@]3(CC)C[C@H]3C2=O)nc1C. The van der Waals surface area contributed by atoms with Gasteiger partial charge in [0.1, 0.15) is 0 Å². The molecule has 2 aliphatic rings. The van der Waals surface area contributed by atoms with Crippen molar-refractivity contribution >= 4 is 23.7 Å². The Morgan fingerprint density at radius 1 is 1.48 bits per heavy atom. The van der Waals surface area contributed by atoms with Crippen LogP contribution in [0.5, 0.6) is 0 Å². The molecule has 0 bridgehead atoms. The van der Waals surface area contributed by atoms with E-state index in [2.05, 4.69) is 15.4 Å². The molecule has 1 saturated carbocycles. The standard InChI is InChI=1S/C15H18N4O4/c1-4-15-6-10(15)11(20)19(18-13(15)22)14-16-7-9(8(3)17-14)12(21)23-5-2/h7,10H,4-6H2,1-3H3,(H,18,22)/t10-,15-/m0/s1. The Morgan fingerprint density at radius 2 is 2.22 bits per heavy atom. The highest BCUT2D eigenvalue weighted by Gasteiger charge is 2.66. The van der Waals surface area contributed by atoms with E-state index < -0.39 is 11.4 Å². The van der Waals surface area contributed by atoms with Crippen LogP contribution in [-0.2, 0) is 14.3 Å². The fourth-order valence-corrected chi connectivity index (χ4v) is 2.98. The van der Waals surface area contributed by atoms with Crippen molar-refractivity contribution in [3.63, 3.8) is 0 Å². The van der Waals surface area contributed by atoms with Gasteiger partial charge in [-0.2, -0.15) is 5.01 Å². The highest BCUT2D eigenvalue weighted by Crippen LogP contribution is 2.57. The molecule has 8 nitrogen and oxygen atoms in total. The van der Waals surface area contributed by atoms with Crippen LogP contribution in [0.2, 0.25) is 0 Å². The van der Waals surface area contributed by atoms with Crippen LogP contribution in [0.4, 0.5) is 5.95 Å². The summed E-state index contributed by atoms with van der Waals surface area (Å²) in [7, 11) is 0. The first-order valence-corrected chi connectivity index (χ1v) is 7.60. The molecule has 0 radical (unpaired) electrons. The molecule has 2 heterocycles. The number of carbonyl (C=O) groups excluding carboxylic acids is 3. The topological polar surface area (TPSA) is 101 Å². The summed E-state index contributed by atoms with van der Waals surface area (Å²) in [4.78, 5) is 44.6. The molecule has 8 heteroatoms. The van der Waals surface area contributed by atoms with Crippen LogP contribution in [0.25, 0.3) is 0 Å². The summed E-state index contributed by atoms with van der Waals surface area (Å²) >= 11 is 0. The molecule has 1 aliphatic carbocycles. The number of hydrazine groups is 1. The largest absolute Gasteiger partial charge is 0.462 e. The molecule has 23 heavy (non-hydrogen) atoms. The van der Waals surface area contributed by atoms with Gasteiger partial charge in [0.25, 0.3) is 11.9 Å². The monoisotopic (exact) mass is 318 g/mol. The maximum Gasteiger partial charge on any atom is 0.341 e. The third kappa shape index (κ3) is 2.25. The van der Waals surface area contributed by atoms with E-state index in [1.54, 1.807) is 13.8 Å². The molecule has 0 spiro atoms. The number of hydrogen-bond donors (Lipinski definition) is 1. The molecule has 1 aliphatic heterocycles. The Bertz CT molecular complexity index is 705. The van der Waals surface area contributed by atoms with Gasteiger partial charge >= 0.3 is 5.97 Å². The third-order valence-electron chi connectivity index (χ3n) is 4.55. The van der Waals surface area contributed by atoms with Crippen LogP contribution in [0.3, 0.4) is 0 Å². The highest BCUT2D eigenvalue weighted by atomic mass is 16.5.